The number of hydrogen-bond donors (Lipinski definition) is 1. The number of nitrogens with one attached hydrogen (secondary N) is 1. The third-order valence-electron chi connectivity index (χ3n) is 1.58. The van der Waals surface area contributed by atoms with E-state index in [4.69, 9.17) is 0 Å². The second-order valence-electron chi connectivity index (χ2n) is 2.36. The molecule has 0 saturated heterocycles. The zero-order valence-electron chi connectivity index (χ0n) is 6.27. The summed E-state index contributed by atoms with van der Waals surface area (Å²) in [4.78, 5) is 4.03. The molecule has 0 aromatic carbocycles. The lowest BCUT2D eigenvalue weighted by Crippen LogP contribution is -2.36. The molecule has 1 N–H and O–H groups in total. The van der Waals surface area contributed by atoms with Crippen molar-refractivity contribution in [3.8, 4) is 0 Å². The van der Waals surface area contributed by atoms with E-state index in [0.717, 1.165) is 4.74 Å². The van der Waals surface area contributed by atoms with Crippen LogP contribution in [-0.2, 0) is 0 Å². The normalized spacial score (nSPS) is 14.2. The summed E-state index contributed by atoms with van der Waals surface area (Å²) in [5.41, 5.74) is 0. The van der Waals surface area contributed by atoms with Crippen molar-refractivity contribution in [2.75, 3.05) is 0 Å². The van der Waals surface area contributed by atoms with E-state index < -0.39 is 0 Å². The lowest BCUT2D eigenvalue weighted by Gasteiger charge is -1.92. The highest BCUT2D eigenvalue weighted by molar-refractivity contribution is 5.20. The van der Waals surface area contributed by atoms with E-state index in [1.54, 1.807) is 30.7 Å². The second kappa shape index (κ2) is 2.65. The van der Waals surface area contributed by atoms with Gasteiger partial charge >= 0.3 is 0 Å². The van der Waals surface area contributed by atoms with Crippen LogP contribution in [0.15, 0.2) is 30.7 Å². The van der Waals surface area contributed by atoms with Crippen molar-refractivity contribution >= 4 is 6.20 Å². The first kappa shape index (κ1) is 6.84. The summed E-state index contributed by atoms with van der Waals surface area (Å²) in [6.45, 7) is 0. The predicted octanol–water partition coefficient (Wildman–Crippen LogP) is -1.12. The first-order chi connectivity index (χ1) is 5.88. The van der Waals surface area contributed by atoms with Gasteiger partial charge in [-0.15, -0.1) is 0 Å². The summed E-state index contributed by atoms with van der Waals surface area (Å²) in [7, 11) is 0. The first-order valence-electron chi connectivity index (χ1n) is 3.55. The molecule has 0 aliphatic carbocycles. The molecular formula is C8H7N3O. The summed E-state index contributed by atoms with van der Waals surface area (Å²) in [6, 6.07) is 3.46. The molecule has 1 aromatic rings. The van der Waals surface area contributed by atoms with E-state index in [1.165, 1.54) is 6.20 Å². The lowest BCUT2D eigenvalue weighted by atomic mass is 10.4. The molecule has 1 aliphatic heterocycles. The summed E-state index contributed by atoms with van der Waals surface area (Å²) in [5, 5.41) is 15.3. The second-order valence-corrected chi connectivity index (χ2v) is 2.36. The quantitative estimate of drug-likeness (QED) is 0.387. The molecule has 2 heterocycles. The van der Waals surface area contributed by atoms with Gasteiger partial charge in [0.1, 0.15) is 0 Å². The minimum atomic E-state index is 0.554. The molecule has 0 fully saturated rings. The van der Waals surface area contributed by atoms with Gasteiger partial charge in [-0.3, -0.25) is 0 Å². The Hall–Kier alpha value is -1.84. The Kier molecular flexibility index (Phi) is 1.51. The molecule has 2 rings (SSSR count). The van der Waals surface area contributed by atoms with Gasteiger partial charge in [-0.1, -0.05) is 0 Å². The Morgan fingerprint density at radius 2 is 2.42 bits per heavy atom. The Labute approximate surface area is 68.8 Å². The molecule has 0 unspecified atom stereocenters. The third kappa shape index (κ3) is 1.03. The molecule has 0 radical (unpaired) electrons. The van der Waals surface area contributed by atoms with Crippen LogP contribution in [-0.4, -0.2) is 4.98 Å². The summed E-state index contributed by atoms with van der Waals surface area (Å²) < 4.78 is 0.777. The summed E-state index contributed by atoms with van der Waals surface area (Å²) >= 11 is 0. The molecule has 4 heteroatoms. The van der Waals surface area contributed by atoms with Gasteiger partial charge in [0.25, 0.3) is 0 Å². The number of aromatic nitrogens is 1. The van der Waals surface area contributed by atoms with E-state index >= 15 is 0 Å². The molecule has 0 bridgehead atoms. The Morgan fingerprint density at radius 3 is 3.33 bits per heavy atom. The van der Waals surface area contributed by atoms with Crippen LogP contribution in [0.2, 0.25) is 0 Å². The van der Waals surface area contributed by atoms with Gasteiger partial charge in [0, 0.05) is 18.5 Å². The molecule has 0 amide bonds. The fraction of sp³-hybridized carbons (Fsp3) is 0. The minimum absolute atomic E-state index is 0.554. The van der Waals surface area contributed by atoms with Crippen LogP contribution in [0, 0.1) is 5.21 Å². The van der Waals surface area contributed by atoms with Gasteiger partial charge in [0.05, 0.1) is 6.20 Å². The van der Waals surface area contributed by atoms with E-state index in [0.29, 0.717) is 10.7 Å². The number of rotatable bonds is 0. The Morgan fingerprint density at radius 1 is 1.50 bits per heavy atom. The van der Waals surface area contributed by atoms with Crippen molar-refractivity contribution in [1.82, 2.24) is 15.0 Å². The van der Waals surface area contributed by atoms with E-state index in [9.17, 15) is 5.21 Å². The first-order valence-corrected chi connectivity index (χ1v) is 3.55. The minimum Gasteiger partial charge on any atom is -0.618 e. The predicted molar refractivity (Wildman–Crippen MR) is 44.8 cm³/mol. The van der Waals surface area contributed by atoms with Gasteiger partial charge in [-0.25, -0.2) is 4.98 Å². The van der Waals surface area contributed by atoms with E-state index in [1.807, 2.05) is 0 Å². The zero-order chi connectivity index (χ0) is 8.39. The van der Waals surface area contributed by atoms with Crippen molar-refractivity contribution in [2.45, 2.75) is 0 Å². The van der Waals surface area contributed by atoms with Gasteiger partial charge < -0.3 is 10.5 Å². The number of hydrogen-bond acceptors (Lipinski definition) is 3. The van der Waals surface area contributed by atoms with Crippen molar-refractivity contribution in [2.24, 2.45) is 0 Å². The van der Waals surface area contributed by atoms with E-state index in [2.05, 4.69) is 10.3 Å². The largest absolute Gasteiger partial charge is 0.618 e. The van der Waals surface area contributed by atoms with Crippen LogP contribution in [0.5, 0.6) is 0 Å². The van der Waals surface area contributed by atoms with Gasteiger partial charge in [0.2, 0.25) is 5.36 Å². The molecule has 1 aliphatic rings. The van der Waals surface area contributed by atoms with E-state index in [-0.39, 0.29) is 0 Å². The molecule has 60 valence electrons. The zero-order valence-corrected chi connectivity index (χ0v) is 6.27. The van der Waals surface area contributed by atoms with Crippen LogP contribution in [0.4, 0.5) is 0 Å². The molecular weight excluding hydrogens is 154 g/mol. The van der Waals surface area contributed by atoms with Crippen molar-refractivity contribution in [3.63, 3.8) is 0 Å². The van der Waals surface area contributed by atoms with Crippen LogP contribution in [0.1, 0.15) is 0 Å². The van der Waals surface area contributed by atoms with Gasteiger partial charge in [-0.2, -0.15) is 4.74 Å². The lowest BCUT2D eigenvalue weighted by molar-refractivity contribution is 0.932. The van der Waals surface area contributed by atoms with Gasteiger partial charge in [-0.05, 0) is 6.07 Å². The number of pyridine rings is 1. The van der Waals surface area contributed by atoms with Crippen molar-refractivity contribution < 1.29 is 0 Å². The number of hydroxylamine groups is 1. The van der Waals surface area contributed by atoms with Crippen LogP contribution in [0.3, 0.4) is 0 Å². The molecule has 0 atom stereocenters. The maximum atomic E-state index is 11.2. The molecule has 0 saturated carbocycles. The molecule has 0 spiro atoms. The Balaban J connectivity index is 2.89. The van der Waals surface area contributed by atoms with Crippen LogP contribution >= 0.6 is 0 Å². The van der Waals surface area contributed by atoms with Crippen LogP contribution < -0.4 is 20.8 Å². The van der Waals surface area contributed by atoms with Crippen molar-refractivity contribution in [1.29, 1.82) is 0 Å². The molecule has 12 heavy (non-hydrogen) atoms. The topological polar surface area (TPSA) is 51.0 Å². The third-order valence-corrected chi connectivity index (χ3v) is 1.58. The fourth-order valence-electron chi connectivity index (χ4n) is 1.02. The maximum absolute atomic E-state index is 11.2. The highest BCUT2D eigenvalue weighted by Gasteiger charge is 1.97. The smallest absolute Gasteiger partial charge is 0.243 e. The summed E-state index contributed by atoms with van der Waals surface area (Å²) in [6.07, 6.45) is 6.30. The molecule has 1 aromatic heterocycles. The van der Waals surface area contributed by atoms with Gasteiger partial charge in [0.15, 0.2) is 11.5 Å². The highest BCUT2D eigenvalue weighted by Crippen LogP contribution is 1.72. The SMILES string of the molecule is [O-][N+]1=c2cccnc2=CNC=C1. The number of nitrogens with zero attached hydrogens (tertiary/aromatic N) is 2. The Bertz CT molecular complexity index is 436. The number of fused-ring (bicyclic) bond motifs is 1. The molecule has 4 nitrogen and oxygen atoms in total. The van der Waals surface area contributed by atoms with Crippen molar-refractivity contribution in [3.05, 3.63) is 46.6 Å². The standard InChI is InChI=1S/C8H7N3O/c12-11-5-4-9-6-7-8(11)2-1-3-10-7/h1-6,9H. The van der Waals surface area contributed by atoms with Crippen LogP contribution in [0.25, 0.3) is 6.20 Å². The monoisotopic (exact) mass is 161 g/mol. The summed E-state index contributed by atoms with van der Waals surface area (Å²) in [5.74, 6) is 0. The highest BCUT2D eigenvalue weighted by atomic mass is 16.5. The maximum Gasteiger partial charge on any atom is 0.243 e. The average molecular weight is 161 g/mol. The fourth-order valence-corrected chi connectivity index (χ4v) is 1.02. The average Bonchev–Trinajstić information content (AvgIpc) is 2.29.